The lowest BCUT2D eigenvalue weighted by molar-refractivity contribution is 0.414. The van der Waals surface area contributed by atoms with E-state index in [9.17, 15) is 0 Å². The Kier molecular flexibility index (Phi) is 6.37. The molecule has 0 saturated heterocycles. The third-order valence-electron chi connectivity index (χ3n) is 6.44. The second kappa shape index (κ2) is 9.96. The van der Waals surface area contributed by atoms with Crippen LogP contribution in [0.2, 0.25) is 5.02 Å². The number of hydrazone groups is 1. The molecule has 1 atom stereocenters. The molecule has 0 unspecified atom stereocenters. The molecular formula is C30H22BrClN4O. The SMILES string of the molecule is COc1cccc(C2=NN(c3nc(-c4ccccc4)c4cc(Cl)ccc4n3)[C@H](c3cccc(Br)c3)C2)c1. The van der Waals surface area contributed by atoms with Crippen LogP contribution in [0.4, 0.5) is 5.95 Å². The Morgan fingerprint density at radius 3 is 2.49 bits per heavy atom. The fourth-order valence-electron chi connectivity index (χ4n) is 4.65. The van der Waals surface area contributed by atoms with Gasteiger partial charge in [0.25, 0.3) is 0 Å². The molecule has 0 saturated carbocycles. The highest BCUT2D eigenvalue weighted by Gasteiger charge is 2.32. The van der Waals surface area contributed by atoms with Crippen LogP contribution < -0.4 is 9.75 Å². The average molecular weight is 570 g/mol. The van der Waals surface area contributed by atoms with Crippen LogP contribution in [-0.4, -0.2) is 22.8 Å². The van der Waals surface area contributed by atoms with Crippen LogP contribution in [-0.2, 0) is 0 Å². The normalized spacial score (nSPS) is 15.2. The molecular weight excluding hydrogens is 548 g/mol. The number of methoxy groups -OCH3 is 1. The first-order chi connectivity index (χ1) is 18.1. The van der Waals surface area contributed by atoms with Crippen LogP contribution in [0.1, 0.15) is 23.6 Å². The summed E-state index contributed by atoms with van der Waals surface area (Å²) < 4.78 is 6.48. The molecule has 0 amide bonds. The van der Waals surface area contributed by atoms with Gasteiger partial charge in [0.15, 0.2) is 0 Å². The lowest BCUT2D eigenvalue weighted by Gasteiger charge is -2.23. The van der Waals surface area contributed by atoms with Gasteiger partial charge in [-0.3, -0.25) is 0 Å². The molecule has 2 heterocycles. The summed E-state index contributed by atoms with van der Waals surface area (Å²) in [5, 5.41) is 8.57. The van der Waals surface area contributed by atoms with Crippen molar-refractivity contribution in [2.24, 2.45) is 5.10 Å². The van der Waals surface area contributed by atoms with Crippen molar-refractivity contribution in [3.05, 3.63) is 118 Å². The van der Waals surface area contributed by atoms with Crippen molar-refractivity contribution in [3.8, 4) is 17.0 Å². The van der Waals surface area contributed by atoms with E-state index in [1.54, 1.807) is 7.11 Å². The average Bonchev–Trinajstić information content (AvgIpc) is 3.39. The maximum atomic E-state index is 6.37. The molecule has 4 aromatic carbocycles. The maximum Gasteiger partial charge on any atom is 0.247 e. The van der Waals surface area contributed by atoms with Gasteiger partial charge in [0.2, 0.25) is 5.95 Å². The molecule has 0 radical (unpaired) electrons. The van der Waals surface area contributed by atoms with Gasteiger partial charge in [-0.25, -0.2) is 15.0 Å². The van der Waals surface area contributed by atoms with Gasteiger partial charge in [-0.15, -0.1) is 0 Å². The standard InChI is InChI=1S/C30H22BrClN4O/c1-37-24-12-6-9-20(16-24)27-18-28(21-10-5-11-22(31)15-21)36(35-27)30-33-26-14-13-23(32)17-25(26)29(34-30)19-7-3-2-4-8-19/h2-17,28H,18H2,1H3/t28-/m0/s1. The number of fused-ring (bicyclic) bond motifs is 1. The fraction of sp³-hybridized carbons (Fsp3) is 0.100. The summed E-state index contributed by atoms with van der Waals surface area (Å²) in [6, 6.07) is 32.0. The van der Waals surface area contributed by atoms with E-state index in [1.807, 2.05) is 83.9 Å². The van der Waals surface area contributed by atoms with Crippen molar-refractivity contribution in [3.63, 3.8) is 0 Å². The summed E-state index contributed by atoms with van der Waals surface area (Å²) in [4.78, 5) is 10.0. The summed E-state index contributed by atoms with van der Waals surface area (Å²) in [5.74, 6) is 1.33. The molecule has 7 heteroatoms. The largest absolute Gasteiger partial charge is 0.497 e. The summed E-state index contributed by atoms with van der Waals surface area (Å²) in [6.45, 7) is 0. The quantitative estimate of drug-likeness (QED) is 0.215. The Bertz CT molecular complexity index is 1640. The summed E-state index contributed by atoms with van der Waals surface area (Å²) >= 11 is 10.0. The van der Waals surface area contributed by atoms with Gasteiger partial charge in [-0.05, 0) is 48.0 Å². The zero-order chi connectivity index (χ0) is 25.4. The number of hydrogen-bond donors (Lipinski definition) is 0. The van der Waals surface area contributed by atoms with Crippen molar-refractivity contribution >= 4 is 50.1 Å². The molecule has 0 aliphatic carbocycles. The van der Waals surface area contributed by atoms with E-state index in [-0.39, 0.29) is 6.04 Å². The molecule has 1 aromatic heterocycles. The minimum Gasteiger partial charge on any atom is -0.497 e. The van der Waals surface area contributed by atoms with Crippen LogP contribution >= 0.6 is 27.5 Å². The zero-order valence-electron chi connectivity index (χ0n) is 20.0. The molecule has 1 aliphatic heterocycles. The van der Waals surface area contributed by atoms with Crippen molar-refractivity contribution in [2.45, 2.75) is 12.5 Å². The monoisotopic (exact) mass is 568 g/mol. The highest BCUT2D eigenvalue weighted by molar-refractivity contribution is 9.10. The molecule has 0 N–H and O–H groups in total. The number of anilines is 1. The van der Waals surface area contributed by atoms with Gasteiger partial charge in [0.05, 0.1) is 30.1 Å². The van der Waals surface area contributed by atoms with Crippen molar-refractivity contribution in [1.29, 1.82) is 0 Å². The molecule has 0 spiro atoms. The van der Waals surface area contributed by atoms with E-state index in [2.05, 4.69) is 34.1 Å². The highest BCUT2D eigenvalue weighted by atomic mass is 79.9. The molecule has 5 nitrogen and oxygen atoms in total. The molecule has 0 fully saturated rings. The number of nitrogens with zero attached hydrogens (tertiary/aromatic N) is 4. The zero-order valence-corrected chi connectivity index (χ0v) is 22.3. The Morgan fingerprint density at radius 2 is 1.68 bits per heavy atom. The van der Waals surface area contributed by atoms with Crippen LogP contribution in [0.15, 0.2) is 107 Å². The lowest BCUT2D eigenvalue weighted by atomic mass is 9.98. The number of hydrogen-bond acceptors (Lipinski definition) is 5. The second-order valence-electron chi connectivity index (χ2n) is 8.80. The van der Waals surface area contributed by atoms with Gasteiger partial charge in [-0.1, -0.05) is 82.1 Å². The van der Waals surface area contributed by atoms with Gasteiger partial charge in [0.1, 0.15) is 5.75 Å². The number of benzene rings is 4. The van der Waals surface area contributed by atoms with Gasteiger partial charge in [-0.2, -0.15) is 5.10 Å². The van der Waals surface area contributed by atoms with E-state index in [1.165, 1.54) is 0 Å². The van der Waals surface area contributed by atoms with E-state index in [4.69, 9.17) is 31.4 Å². The Hall–Kier alpha value is -3.74. The maximum absolute atomic E-state index is 6.37. The second-order valence-corrected chi connectivity index (χ2v) is 10.1. The molecule has 182 valence electrons. The predicted octanol–water partition coefficient (Wildman–Crippen LogP) is 8.08. The van der Waals surface area contributed by atoms with Gasteiger partial charge in [0, 0.05) is 32.4 Å². The van der Waals surface area contributed by atoms with E-state index in [0.717, 1.165) is 49.2 Å². The Balaban J connectivity index is 1.54. The Morgan fingerprint density at radius 1 is 0.865 bits per heavy atom. The summed E-state index contributed by atoms with van der Waals surface area (Å²) in [5.41, 5.74) is 5.71. The number of rotatable bonds is 5. The third kappa shape index (κ3) is 4.70. The van der Waals surface area contributed by atoms with E-state index in [0.29, 0.717) is 17.4 Å². The van der Waals surface area contributed by atoms with E-state index >= 15 is 0 Å². The number of halogens is 2. The minimum absolute atomic E-state index is 0.0768. The van der Waals surface area contributed by atoms with Crippen LogP contribution in [0.5, 0.6) is 5.75 Å². The predicted molar refractivity (Wildman–Crippen MR) is 153 cm³/mol. The first-order valence-corrected chi connectivity index (χ1v) is 13.1. The molecule has 1 aliphatic rings. The van der Waals surface area contributed by atoms with Crippen molar-refractivity contribution in [2.75, 3.05) is 12.1 Å². The third-order valence-corrected chi connectivity index (χ3v) is 7.17. The van der Waals surface area contributed by atoms with Crippen LogP contribution in [0.3, 0.4) is 0 Å². The van der Waals surface area contributed by atoms with Crippen molar-refractivity contribution < 1.29 is 4.74 Å². The summed E-state index contributed by atoms with van der Waals surface area (Å²) in [6.07, 6.45) is 0.701. The molecule has 0 bridgehead atoms. The lowest BCUT2D eigenvalue weighted by Crippen LogP contribution is -2.21. The van der Waals surface area contributed by atoms with Crippen LogP contribution in [0.25, 0.3) is 22.2 Å². The first kappa shape index (κ1) is 23.6. The molecule has 5 aromatic rings. The van der Waals surface area contributed by atoms with Crippen molar-refractivity contribution in [1.82, 2.24) is 9.97 Å². The number of ether oxygens (including phenoxy) is 1. The van der Waals surface area contributed by atoms with E-state index < -0.39 is 0 Å². The summed E-state index contributed by atoms with van der Waals surface area (Å²) in [7, 11) is 1.67. The minimum atomic E-state index is -0.0768. The Labute approximate surface area is 228 Å². The fourth-order valence-corrected chi connectivity index (χ4v) is 5.24. The van der Waals surface area contributed by atoms with Gasteiger partial charge >= 0.3 is 0 Å². The molecule has 37 heavy (non-hydrogen) atoms. The smallest absolute Gasteiger partial charge is 0.247 e. The number of aromatic nitrogens is 2. The highest BCUT2D eigenvalue weighted by Crippen LogP contribution is 2.38. The topological polar surface area (TPSA) is 50.6 Å². The first-order valence-electron chi connectivity index (χ1n) is 11.9. The van der Waals surface area contributed by atoms with Gasteiger partial charge < -0.3 is 4.74 Å². The van der Waals surface area contributed by atoms with Crippen LogP contribution in [0, 0.1) is 0 Å². The molecule has 6 rings (SSSR count).